The summed E-state index contributed by atoms with van der Waals surface area (Å²) in [7, 11) is 0. The maximum atomic E-state index is 12.7. The van der Waals surface area contributed by atoms with Crippen LogP contribution in [0.4, 0.5) is 22.0 Å². The zero-order chi connectivity index (χ0) is 18.2. The fraction of sp³-hybridized carbons (Fsp3) is 0.167. The highest BCUT2D eigenvalue weighted by Crippen LogP contribution is 2.32. The van der Waals surface area contributed by atoms with Crippen LogP contribution >= 0.6 is 0 Å². The summed E-state index contributed by atoms with van der Waals surface area (Å²) < 4.78 is 67.7. The molecule has 1 unspecified atom stereocenters. The SMILES string of the molecule is O=C(OC(C(F)F)C(F)(F)F)c1c2ccccc2cc2ccccc12. The van der Waals surface area contributed by atoms with E-state index in [4.69, 9.17) is 0 Å². The van der Waals surface area contributed by atoms with Crippen LogP contribution in [0, 0.1) is 0 Å². The van der Waals surface area contributed by atoms with E-state index in [2.05, 4.69) is 4.74 Å². The van der Waals surface area contributed by atoms with E-state index in [0.29, 0.717) is 21.5 Å². The molecule has 0 N–H and O–H groups in total. The van der Waals surface area contributed by atoms with Gasteiger partial charge in [-0.25, -0.2) is 13.6 Å². The number of halogens is 5. The maximum absolute atomic E-state index is 12.7. The topological polar surface area (TPSA) is 26.3 Å². The Morgan fingerprint density at radius 1 is 0.880 bits per heavy atom. The first-order chi connectivity index (χ1) is 11.8. The summed E-state index contributed by atoms with van der Waals surface area (Å²) in [6.07, 6.45) is -12.7. The van der Waals surface area contributed by atoms with Crippen molar-refractivity contribution in [3.63, 3.8) is 0 Å². The molecule has 0 aliphatic rings. The molecule has 7 heteroatoms. The molecule has 0 amide bonds. The van der Waals surface area contributed by atoms with Gasteiger partial charge in [0.25, 0.3) is 12.5 Å². The highest BCUT2D eigenvalue weighted by molar-refractivity contribution is 6.16. The molecular weight excluding hydrogens is 343 g/mol. The van der Waals surface area contributed by atoms with Crippen LogP contribution in [0.2, 0.25) is 0 Å². The maximum Gasteiger partial charge on any atom is 0.431 e. The third-order valence-corrected chi connectivity index (χ3v) is 3.76. The van der Waals surface area contributed by atoms with E-state index in [1.54, 1.807) is 42.5 Å². The first-order valence-corrected chi connectivity index (χ1v) is 7.25. The minimum atomic E-state index is -5.36. The molecule has 0 heterocycles. The van der Waals surface area contributed by atoms with E-state index >= 15 is 0 Å². The van der Waals surface area contributed by atoms with Gasteiger partial charge in [-0.05, 0) is 27.6 Å². The predicted molar refractivity (Wildman–Crippen MR) is 82.7 cm³/mol. The van der Waals surface area contributed by atoms with Gasteiger partial charge in [0.1, 0.15) is 0 Å². The lowest BCUT2D eigenvalue weighted by Gasteiger charge is -2.20. The molecule has 0 aromatic heterocycles. The van der Waals surface area contributed by atoms with E-state index in [-0.39, 0.29) is 5.56 Å². The summed E-state index contributed by atoms with van der Waals surface area (Å²) >= 11 is 0. The van der Waals surface area contributed by atoms with Gasteiger partial charge in [0.15, 0.2) is 0 Å². The Balaban J connectivity index is 2.17. The van der Waals surface area contributed by atoms with E-state index in [9.17, 15) is 26.7 Å². The number of alkyl halides is 5. The first-order valence-electron chi connectivity index (χ1n) is 7.25. The summed E-state index contributed by atoms with van der Waals surface area (Å²) in [6, 6.07) is 14.8. The van der Waals surface area contributed by atoms with Crippen LogP contribution < -0.4 is 0 Å². The Morgan fingerprint density at radius 2 is 1.36 bits per heavy atom. The minimum Gasteiger partial charge on any atom is -0.443 e. The number of ether oxygens (including phenoxy) is 1. The van der Waals surface area contributed by atoms with E-state index in [0.717, 1.165) is 0 Å². The third kappa shape index (κ3) is 3.26. The van der Waals surface area contributed by atoms with Gasteiger partial charge in [-0.15, -0.1) is 0 Å². The van der Waals surface area contributed by atoms with E-state index < -0.39 is 24.7 Å². The Bertz CT molecular complexity index is 880. The van der Waals surface area contributed by atoms with Crippen molar-refractivity contribution in [1.29, 1.82) is 0 Å². The van der Waals surface area contributed by atoms with Crippen molar-refractivity contribution in [3.8, 4) is 0 Å². The number of hydrogen-bond donors (Lipinski definition) is 0. The molecule has 0 saturated carbocycles. The van der Waals surface area contributed by atoms with Gasteiger partial charge in [-0.3, -0.25) is 0 Å². The zero-order valence-corrected chi connectivity index (χ0v) is 12.6. The smallest absolute Gasteiger partial charge is 0.431 e. The van der Waals surface area contributed by atoms with Crippen molar-refractivity contribution in [2.45, 2.75) is 18.7 Å². The zero-order valence-electron chi connectivity index (χ0n) is 12.6. The lowest BCUT2D eigenvalue weighted by atomic mass is 9.97. The lowest BCUT2D eigenvalue weighted by Crippen LogP contribution is -2.39. The molecule has 130 valence electrons. The monoisotopic (exact) mass is 354 g/mol. The van der Waals surface area contributed by atoms with Gasteiger partial charge < -0.3 is 4.74 Å². The van der Waals surface area contributed by atoms with Crippen LogP contribution in [0.25, 0.3) is 21.5 Å². The summed E-state index contributed by atoms with van der Waals surface area (Å²) in [5.41, 5.74) is -0.163. The molecule has 3 aromatic rings. The fourth-order valence-electron chi connectivity index (χ4n) is 2.67. The van der Waals surface area contributed by atoms with Gasteiger partial charge in [-0.2, -0.15) is 13.2 Å². The molecule has 0 saturated heterocycles. The number of rotatable bonds is 3. The Morgan fingerprint density at radius 3 is 1.80 bits per heavy atom. The summed E-state index contributed by atoms with van der Waals surface area (Å²) in [6.45, 7) is 0. The van der Waals surface area contributed by atoms with Crippen LogP contribution in [-0.4, -0.2) is 24.7 Å². The molecule has 0 aliphatic carbocycles. The summed E-state index contributed by atoms with van der Waals surface area (Å²) in [5.74, 6) is -1.43. The van der Waals surface area contributed by atoms with Crippen molar-refractivity contribution >= 4 is 27.5 Å². The fourth-order valence-corrected chi connectivity index (χ4v) is 2.67. The Hall–Kier alpha value is -2.70. The van der Waals surface area contributed by atoms with Crippen LogP contribution in [0.3, 0.4) is 0 Å². The lowest BCUT2D eigenvalue weighted by molar-refractivity contribution is -0.236. The van der Waals surface area contributed by atoms with Gasteiger partial charge in [-0.1, -0.05) is 48.5 Å². The molecule has 1 atom stereocenters. The molecular formula is C18H11F5O2. The molecule has 2 nitrogen and oxygen atoms in total. The third-order valence-electron chi connectivity index (χ3n) is 3.76. The average Bonchev–Trinajstić information content (AvgIpc) is 2.55. The average molecular weight is 354 g/mol. The highest BCUT2D eigenvalue weighted by atomic mass is 19.4. The van der Waals surface area contributed by atoms with Crippen LogP contribution in [0.5, 0.6) is 0 Å². The summed E-state index contributed by atoms with van der Waals surface area (Å²) in [4.78, 5) is 12.4. The number of esters is 1. The minimum absolute atomic E-state index is 0.163. The molecule has 0 radical (unpaired) electrons. The Labute approximate surface area is 138 Å². The molecule has 0 spiro atoms. The van der Waals surface area contributed by atoms with Crippen molar-refractivity contribution < 1.29 is 31.5 Å². The van der Waals surface area contributed by atoms with Crippen molar-refractivity contribution in [3.05, 3.63) is 60.2 Å². The van der Waals surface area contributed by atoms with Gasteiger partial charge in [0, 0.05) is 0 Å². The molecule has 3 rings (SSSR count). The van der Waals surface area contributed by atoms with Gasteiger partial charge in [0.2, 0.25) is 0 Å². The van der Waals surface area contributed by atoms with Crippen LogP contribution in [0.1, 0.15) is 10.4 Å². The van der Waals surface area contributed by atoms with Crippen molar-refractivity contribution in [1.82, 2.24) is 0 Å². The first kappa shape index (κ1) is 17.1. The normalized spacial score (nSPS) is 13.4. The molecule has 0 fully saturated rings. The molecule has 0 bridgehead atoms. The van der Waals surface area contributed by atoms with E-state index in [1.807, 2.05) is 0 Å². The van der Waals surface area contributed by atoms with Gasteiger partial charge in [0.05, 0.1) is 5.56 Å². The largest absolute Gasteiger partial charge is 0.443 e. The number of carbonyl (C=O) groups is 1. The van der Waals surface area contributed by atoms with E-state index in [1.165, 1.54) is 12.1 Å². The second-order valence-electron chi connectivity index (χ2n) is 5.40. The second-order valence-corrected chi connectivity index (χ2v) is 5.40. The second kappa shape index (κ2) is 6.31. The van der Waals surface area contributed by atoms with Crippen molar-refractivity contribution in [2.24, 2.45) is 0 Å². The number of hydrogen-bond acceptors (Lipinski definition) is 2. The molecule has 0 aliphatic heterocycles. The van der Waals surface area contributed by atoms with Gasteiger partial charge >= 0.3 is 12.1 Å². The number of fused-ring (bicyclic) bond motifs is 2. The summed E-state index contributed by atoms with van der Waals surface area (Å²) in [5, 5.41) is 1.85. The quantitative estimate of drug-likeness (QED) is 0.360. The molecule has 3 aromatic carbocycles. The molecule has 25 heavy (non-hydrogen) atoms. The van der Waals surface area contributed by atoms with Crippen molar-refractivity contribution in [2.75, 3.05) is 0 Å². The van der Waals surface area contributed by atoms with Crippen LogP contribution in [-0.2, 0) is 4.74 Å². The van der Waals surface area contributed by atoms with Crippen LogP contribution in [0.15, 0.2) is 54.6 Å². The standard InChI is InChI=1S/C18H11F5O2/c19-16(20)15(18(21,22)23)25-17(24)14-12-7-3-1-5-10(12)9-11-6-2-4-8-13(11)14/h1-9,15-16H. The number of carbonyl (C=O) groups excluding carboxylic acids is 1. The Kier molecular flexibility index (Phi) is 4.32. The predicted octanol–water partition coefficient (Wildman–Crippen LogP) is 5.35. The number of benzene rings is 3. The highest BCUT2D eigenvalue weighted by Gasteiger charge is 2.49.